The molecule has 19 heavy (non-hydrogen) atoms. The summed E-state index contributed by atoms with van der Waals surface area (Å²) in [4.78, 5) is 18.2. The number of thiazole rings is 1. The molecule has 1 amide bonds. The zero-order chi connectivity index (χ0) is 13.2. The number of aliphatic hydroxyl groups excluding tert-OH is 1. The number of aromatic nitrogens is 1. The van der Waals surface area contributed by atoms with Crippen molar-refractivity contribution in [1.82, 2.24) is 9.88 Å². The van der Waals surface area contributed by atoms with Gasteiger partial charge in [-0.05, 0) is 25.0 Å². The quantitative estimate of drug-likeness (QED) is 0.912. The molecule has 0 radical (unpaired) electrons. The summed E-state index contributed by atoms with van der Waals surface area (Å²) < 4.78 is 5.26. The lowest BCUT2D eigenvalue weighted by molar-refractivity contribution is 0.0469. The van der Waals surface area contributed by atoms with Gasteiger partial charge in [-0.15, -0.1) is 11.3 Å². The van der Waals surface area contributed by atoms with Crippen LogP contribution in [0.15, 0.2) is 28.2 Å². The van der Waals surface area contributed by atoms with Crippen molar-refractivity contribution in [1.29, 1.82) is 0 Å². The van der Waals surface area contributed by atoms with Crippen LogP contribution in [0, 0.1) is 0 Å². The molecule has 0 bridgehead atoms. The number of likely N-dealkylation sites (tertiary alicyclic amines) is 1. The fourth-order valence-electron chi connectivity index (χ4n) is 2.19. The van der Waals surface area contributed by atoms with Gasteiger partial charge in [0, 0.05) is 18.5 Å². The molecule has 1 fully saturated rings. The molecule has 3 rings (SSSR count). The first-order chi connectivity index (χ1) is 9.24. The maximum absolute atomic E-state index is 12.3. The molecular weight excluding hydrogens is 264 g/mol. The van der Waals surface area contributed by atoms with E-state index in [1.807, 2.05) is 6.07 Å². The Morgan fingerprint density at radius 3 is 3.21 bits per heavy atom. The summed E-state index contributed by atoms with van der Waals surface area (Å²) in [5, 5.41) is 12.0. The molecule has 3 heterocycles. The first-order valence-corrected chi connectivity index (χ1v) is 7.09. The minimum Gasteiger partial charge on any atom is -0.462 e. The number of rotatable bonds is 2. The van der Waals surface area contributed by atoms with Gasteiger partial charge < -0.3 is 14.4 Å². The highest BCUT2D eigenvalue weighted by Crippen LogP contribution is 2.25. The number of hydrogen-bond donors (Lipinski definition) is 1. The van der Waals surface area contributed by atoms with Gasteiger partial charge in [0.1, 0.15) is 5.69 Å². The average Bonchev–Trinajstić information content (AvgIpc) is 3.08. The average molecular weight is 278 g/mol. The van der Waals surface area contributed by atoms with Crippen molar-refractivity contribution < 1.29 is 14.3 Å². The van der Waals surface area contributed by atoms with Crippen molar-refractivity contribution in [2.24, 2.45) is 0 Å². The van der Waals surface area contributed by atoms with Gasteiger partial charge >= 0.3 is 0 Å². The first-order valence-electron chi connectivity index (χ1n) is 6.21. The number of carbonyl (C=O) groups excluding carboxylic acids is 1. The molecule has 1 aliphatic rings. The minimum atomic E-state index is -0.416. The van der Waals surface area contributed by atoms with Crippen LogP contribution >= 0.6 is 11.3 Å². The number of β-amino-alcohol motifs (C(OH)–C–C–N with tert-alkyl or cyclic N) is 1. The lowest BCUT2D eigenvalue weighted by atomic mass is 10.1. The van der Waals surface area contributed by atoms with Crippen molar-refractivity contribution >= 4 is 17.2 Å². The summed E-state index contributed by atoms with van der Waals surface area (Å²) in [7, 11) is 0. The zero-order valence-electron chi connectivity index (χ0n) is 10.3. The Kier molecular flexibility index (Phi) is 3.35. The molecule has 0 spiro atoms. The number of hydrogen-bond acceptors (Lipinski definition) is 5. The van der Waals surface area contributed by atoms with E-state index in [1.165, 1.54) is 11.3 Å². The Morgan fingerprint density at radius 1 is 1.58 bits per heavy atom. The second-order valence-corrected chi connectivity index (χ2v) is 5.42. The van der Waals surface area contributed by atoms with Crippen LogP contribution in [0.4, 0.5) is 0 Å². The van der Waals surface area contributed by atoms with Crippen LogP contribution in [0.25, 0.3) is 10.8 Å². The largest absolute Gasteiger partial charge is 0.462 e. The standard InChI is InChI=1S/C13H14N2O3S/c16-9-3-1-5-15(7-9)13(17)10-8-19-12(14-10)11-4-2-6-18-11/h2,4,6,8-9,16H,1,3,5,7H2. The molecule has 0 aliphatic carbocycles. The van der Waals surface area contributed by atoms with Gasteiger partial charge in [0.05, 0.1) is 12.4 Å². The van der Waals surface area contributed by atoms with Crippen LogP contribution in [0.3, 0.4) is 0 Å². The van der Waals surface area contributed by atoms with Crippen molar-refractivity contribution in [3.05, 3.63) is 29.5 Å². The van der Waals surface area contributed by atoms with Crippen LogP contribution in [-0.4, -0.2) is 40.1 Å². The SMILES string of the molecule is O=C(c1csc(-c2ccco2)n1)N1CCCC(O)C1. The smallest absolute Gasteiger partial charge is 0.273 e. The van der Waals surface area contributed by atoms with Gasteiger partial charge in [-0.3, -0.25) is 4.79 Å². The summed E-state index contributed by atoms with van der Waals surface area (Å²) in [6.45, 7) is 1.08. The maximum Gasteiger partial charge on any atom is 0.273 e. The van der Waals surface area contributed by atoms with Gasteiger partial charge in [-0.2, -0.15) is 0 Å². The van der Waals surface area contributed by atoms with E-state index in [2.05, 4.69) is 4.98 Å². The molecular formula is C13H14N2O3S. The predicted molar refractivity (Wildman–Crippen MR) is 71.0 cm³/mol. The maximum atomic E-state index is 12.3. The predicted octanol–water partition coefficient (Wildman–Crippen LogP) is 2.00. The molecule has 2 aromatic heterocycles. The summed E-state index contributed by atoms with van der Waals surface area (Å²) in [5.41, 5.74) is 0.422. The van der Waals surface area contributed by atoms with Crippen LogP contribution in [0.1, 0.15) is 23.3 Å². The molecule has 1 unspecified atom stereocenters. The molecule has 2 aromatic rings. The molecule has 1 saturated heterocycles. The molecule has 100 valence electrons. The highest BCUT2D eigenvalue weighted by atomic mass is 32.1. The number of aliphatic hydroxyl groups is 1. The van der Waals surface area contributed by atoms with Gasteiger partial charge in [0.2, 0.25) is 0 Å². The van der Waals surface area contributed by atoms with E-state index in [0.29, 0.717) is 29.6 Å². The van der Waals surface area contributed by atoms with Gasteiger partial charge in [0.25, 0.3) is 5.91 Å². The third-order valence-corrected chi connectivity index (χ3v) is 4.00. The molecule has 1 N–H and O–H groups in total. The third kappa shape index (κ3) is 2.54. The van der Waals surface area contributed by atoms with Crippen LogP contribution in [-0.2, 0) is 0 Å². The number of nitrogens with zero attached hydrogens (tertiary/aromatic N) is 2. The summed E-state index contributed by atoms with van der Waals surface area (Å²) >= 11 is 1.39. The first kappa shape index (κ1) is 12.4. The van der Waals surface area contributed by atoms with E-state index in [4.69, 9.17) is 4.42 Å². The number of furan rings is 1. The van der Waals surface area contributed by atoms with Gasteiger partial charge in [0.15, 0.2) is 10.8 Å². The summed E-state index contributed by atoms with van der Waals surface area (Å²) in [5.74, 6) is 0.551. The van der Waals surface area contributed by atoms with E-state index >= 15 is 0 Å². The molecule has 1 atom stereocenters. The lowest BCUT2D eigenvalue weighted by Gasteiger charge is -2.29. The summed E-state index contributed by atoms with van der Waals surface area (Å²) in [6, 6.07) is 3.61. The highest BCUT2D eigenvalue weighted by molar-refractivity contribution is 7.13. The Balaban J connectivity index is 1.77. The fraction of sp³-hybridized carbons (Fsp3) is 0.385. The molecule has 6 heteroatoms. The van der Waals surface area contributed by atoms with Crippen LogP contribution in [0.2, 0.25) is 0 Å². The Morgan fingerprint density at radius 2 is 2.47 bits per heavy atom. The van der Waals surface area contributed by atoms with Crippen molar-refractivity contribution in [2.45, 2.75) is 18.9 Å². The molecule has 0 aromatic carbocycles. The van der Waals surface area contributed by atoms with Gasteiger partial charge in [-0.1, -0.05) is 0 Å². The van der Waals surface area contributed by atoms with Crippen molar-refractivity contribution in [3.8, 4) is 10.8 Å². The van der Waals surface area contributed by atoms with Crippen molar-refractivity contribution in [3.63, 3.8) is 0 Å². The van der Waals surface area contributed by atoms with Crippen LogP contribution in [0.5, 0.6) is 0 Å². The summed E-state index contributed by atoms with van der Waals surface area (Å²) in [6.07, 6.45) is 2.76. The van der Waals surface area contributed by atoms with E-state index in [1.54, 1.807) is 22.6 Å². The minimum absolute atomic E-state index is 0.118. The highest BCUT2D eigenvalue weighted by Gasteiger charge is 2.25. The lowest BCUT2D eigenvalue weighted by Crippen LogP contribution is -2.42. The zero-order valence-corrected chi connectivity index (χ0v) is 11.1. The molecule has 1 aliphatic heterocycles. The Labute approximate surface area is 114 Å². The van der Waals surface area contributed by atoms with Gasteiger partial charge in [-0.25, -0.2) is 4.98 Å². The Hall–Kier alpha value is -1.66. The van der Waals surface area contributed by atoms with E-state index in [-0.39, 0.29) is 5.91 Å². The fourth-order valence-corrected chi connectivity index (χ4v) is 2.95. The molecule has 5 nitrogen and oxygen atoms in total. The van der Waals surface area contributed by atoms with E-state index in [0.717, 1.165) is 12.8 Å². The van der Waals surface area contributed by atoms with Crippen molar-refractivity contribution in [2.75, 3.05) is 13.1 Å². The number of piperidine rings is 1. The number of carbonyl (C=O) groups is 1. The topological polar surface area (TPSA) is 66.6 Å². The number of amides is 1. The Bertz CT molecular complexity index is 564. The third-order valence-electron chi connectivity index (χ3n) is 3.14. The van der Waals surface area contributed by atoms with E-state index in [9.17, 15) is 9.90 Å². The second kappa shape index (κ2) is 5.14. The second-order valence-electron chi connectivity index (χ2n) is 4.56. The normalized spacial score (nSPS) is 19.6. The monoisotopic (exact) mass is 278 g/mol. The van der Waals surface area contributed by atoms with E-state index < -0.39 is 6.10 Å². The van der Waals surface area contributed by atoms with Crippen LogP contribution < -0.4 is 0 Å². The molecule has 0 saturated carbocycles.